The zero-order valence-electron chi connectivity index (χ0n) is 10.0. The fourth-order valence-corrected chi connectivity index (χ4v) is 3.33. The van der Waals surface area contributed by atoms with Crippen LogP contribution < -0.4 is 4.72 Å². The van der Waals surface area contributed by atoms with Gasteiger partial charge in [-0.3, -0.25) is 0 Å². The first-order valence-corrected chi connectivity index (χ1v) is 7.77. The van der Waals surface area contributed by atoms with Gasteiger partial charge in [-0.2, -0.15) is 0 Å². The highest BCUT2D eigenvalue weighted by molar-refractivity contribution is 7.89. The average Bonchev–Trinajstić information content (AvgIpc) is 2.17. The van der Waals surface area contributed by atoms with E-state index in [4.69, 9.17) is 5.11 Å². The first kappa shape index (κ1) is 13.9. The van der Waals surface area contributed by atoms with Crippen LogP contribution in [0.25, 0.3) is 0 Å². The molecule has 0 radical (unpaired) electrons. The van der Waals surface area contributed by atoms with E-state index in [2.05, 4.69) is 11.6 Å². The SMILES string of the molecule is CCC1(CNS(=O)(=O)CCCCO)CCC1. The van der Waals surface area contributed by atoms with Gasteiger partial charge in [0.05, 0.1) is 5.75 Å². The van der Waals surface area contributed by atoms with Gasteiger partial charge in [-0.25, -0.2) is 13.1 Å². The molecule has 0 aromatic carbocycles. The Hall–Kier alpha value is -0.130. The Balaban J connectivity index is 2.30. The van der Waals surface area contributed by atoms with Crippen molar-refractivity contribution >= 4 is 10.0 Å². The van der Waals surface area contributed by atoms with E-state index in [1.807, 2.05) is 0 Å². The Morgan fingerprint density at radius 2 is 2.00 bits per heavy atom. The smallest absolute Gasteiger partial charge is 0.211 e. The van der Waals surface area contributed by atoms with E-state index in [9.17, 15) is 8.42 Å². The van der Waals surface area contributed by atoms with Crippen LogP contribution >= 0.6 is 0 Å². The van der Waals surface area contributed by atoms with Gasteiger partial charge >= 0.3 is 0 Å². The topological polar surface area (TPSA) is 66.4 Å². The van der Waals surface area contributed by atoms with Crippen LogP contribution in [0.5, 0.6) is 0 Å². The zero-order chi connectivity index (χ0) is 12.1. The molecule has 0 aromatic rings. The highest BCUT2D eigenvalue weighted by Crippen LogP contribution is 2.43. The van der Waals surface area contributed by atoms with Gasteiger partial charge in [-0.05, 0) is 37.5 Å². The number of nitrogens with one attached hydrogen (secondary N) is 1. The van der Waals surface area contributed by atoms with Crippen molar-refractivity contribution in [1.82, 2.24) is 4.72 Å². The molecule has 0 heterocycles. The molecule has 0 aliphatic heterocycles. The summed E-state index contributed by atoms with van der Waals surface area (Å²) in [7, 11) is -3.13. The highest BCUT2D eigenvalue weighted by Gasteiger charge is 2.35. The fraction of sp³-hybridized carbons (Fsp3) is 1.00. The van der Waals surface area contributed by atoms with Crippen molar-refractivity contribution in [2.45, 2.75) is 45.4 Å². The monoisotopic (exact) mass is 249 g/mol. The third-order valence-electron chi connectivity index (χ3n) is 3.65. The molecular weight excluding hydrogens is 226 g/mol. The Bertz CT molecular complexity index is 291. The van der Waals surface area contributed by atoms with E-state index in [1.54, 1.807) is 0 Å². The molecule has 16 heavy (non-hydrogen) atoms. The molecule has 0 amide bonds. The minimum Gasteiger partial charge on any atom is -0.396 e. The Kier molecular flexibility index (Phi) is 5.21. The fourth-order valence-electron chi connectivity index (χ4n) is 2.07. The summed E-state index contributed by atoms with van der Waals surface area (Å²) in [5.74, 6) is 0.132. The van der Waals surface area contributed by atoms with Crippen LogP contribution in [0.4, 0.5) is 0 Å². The third-order valence-corrected chi connectivity index (χ3v) is 5.06. The summed E-state index contributed by atoms with van der Waals surface area (Å²) < 4.78 is 25.9. The van der Waals surface area contributed by atoms with Gasteiger partial charge in [0.1, 0.15) is 0 Å². The second-order valence-corrected chi connectivity index (χ2v) is 6.70. The lowest BCUT2D eigenvalue weighted by Crippen LogP contribution is -2.42. The molecule has 0 unspecified atom stereocenters. The van der Waals surface area contributed by atoms with Crippen LogP contribution in [0.2, 0.25) is 0 Å². The molecule has 0 bridgehead atoms. The minimum absolute atomic E-state index is 0.0639. The summed E-state index contributed by atoms with van der Waals surface area (Å²) in [5, 5.41) is 8.59. The molecule has 2 N–H and O–H groups in total. The van der Waals surface area contributed by atoms with Gasteiger partial charge in [0.2, 0.25) is 10.0 Å². The van der Waals surface area contributed by atoms with Crippen molar-refractivity contribution in [3.05, 3.63) is 0 Å². The van der Waals surface area contributed by atoms with E-state index in [-0.39, 0.29) is 17.8 Å². The minimum atomic E-state index is -3.13. The number of hydrogen-bond acceptors (Lipinski definition) is 3. The maximum atomic E-state index is 11.6. The molecule has 4 nitrogen and oxygen atoms in total. The van der Waals surface area contributed by atoms with Crippen molar-refractivity contribution < 1.29 is 13.5 Å². The maximum Gasteiger partial charge on any atom is 0.211 e. The van der Waals surface area contributed by atoms with Gasteiger partial charge in [-0.15, -0.1) is 0 Å². The molecule has 1 fully saturated rings. The number of rotatable bonds is 8. The zero-order valence-corrected chi connectivity index (χ0v) is 10.9. The normalized spacial score (nSPS) is 19.4. The average molecular weight is 249 g/mol. The second-order valence-electron chi connectivity index (χ2n) is 4.78. The van der Waals surface area contributed by atoms with E-state index >= 15 is 0 Å². The summed E-state index contributed by atoms with van der Waals surface area (Å²) >= 11 is 0. The van der Waals surface area contributed by atoms with Gasteiger partial charge in [0.25, 0.3) is 0 Å². The molecule has 0 aromatic heterocycles. The number of aliphatic hydroxyl groups is 1. The molecule has 1 aliphatic rings. The lowest BCUT2D eigenvalue weighted by atomic mass is 9.67. The quantitative estimate of drug-likeness (QED) is 0.636. The van der Waals surface area contributed by atoms with Crippen LogP contribution in [0.15, 0.2) is 0 Å². The number of aliphatic hydroxyl groups excluding tert-OH is 1. The molecule has 0 spiro atoms. The third kappa shape index (κ3) is 4.03. The van der Waals surface area contributed by atoms with Crippen molar-refractivity contribution in [2.24, 2.45) is 5.41 Å². The lowest BCUT2D eigenvalue weighted by molar-refractivity contribution is 0.133. The molecule has 0 saturated heterocycles. The van der Waals surface area contributed by atoms with Gasteiger partial charge in [-0.1, -0.05) is 13.3 Å². The molecule has 0 atom stereocenters. The summed E-state index contributed by atoms with van der Waals surface area (Å²) in [4.78, 5) is 0. The summed E-state index contributed by atoms with van der Waals surface area (Å²) in [6.45, 7) is 2.78. The van der Waals surface area contributed by atoms with Crippen molar-refractivity contribution in [3.63, 3.8) is 0 Å². The van der Waals surface area contributed by atoms with Gasteiger partial charge in [0.15, 0.2) is 0 Å². The van der Waals surface area contributed by atoms with Crippen LogP contribution in [-0.4, -0.2) is 32.4 Å². The van der Waals surface area contributed by atoms with E-state index in [0.29, 0.717) is 19.4 Å². The first-order valence-electron chi connectivity index (χ1n) is 6.12. The summed E-state index contributed by atoms with van der Waals surface area (Å²) in [6, 6.07) is 0. The number of sulfonamides is 1. The van der Waals surface area contributed by atoms with Crippen LogP contribution in [-0.2, 0) is 10.0 Å². The predicted octanol–water partition coefficient (Wildman–Crippen LogP) is 1.26. The van der Waals surface area contributed by atoms with E-state index in [1.165, 1.54) is 6.42 Å². The van der Waals surface area contributed by atoms with Gasteiger partial charge in [0, 0.05) is 13.2 Å². The Morgan fingerprint density at radius 1 is 1.31 bits per heavy atom. The molecular formula is C11H23NO3S. The molecule has 1 saturated carbocycles. The Labute approximate surface area is 98.5 Å². The summed E-state index contributed by atoms with van der Waals surface area (Å²) in [6.07, 6.45) is 5.64. The van der Waals surface area contributed by atoms with Crippen LogP contribution in [0.1, 0.15) is 45.4 Å². The highest BCUT2D eigenvalue weighted by atomic mass is 32.2. The molecule has 96 valence electrons. The lowest BCUT2D eigenvalue weighted by Gasteiger charge is -2.41. The molecule has 1 rings (SSSR count). The van der Waals surface area contributed by atoms with Gasteiger partial charge < -0.3 is 5.11 Å². The van der Waals surface area contributed by atoms with Crippen molar-refractivity contribution in [1.29, 1.82) is 0 Å². The summed E-state index contributed by atoms with van der Waals surface area (Å²) in [5.41, 5.74) is 0.226. The largest absolute Gasteiger partial charge is 0.396 e. The number of unbranched alkanes of at least 4 members (excludes halogenated alkanes) is 1. The van der Waals surface area contributed by atoms with E-state index < -0.39 is 10.0 Å². The van der Waals surface area contributed by atoms with Crippen molar-refractivity contribution in [2.75, 3.05) is 18.9 Å². The van der Waals surface area contributed by atoms with E-state index in [0.717, 1.165) is 19.3 Å². The Morgan fingerprint density at radius 3 is 2.44 bits per heavy atom. The number of hydrogen-bond donors (Lipinski definition) is 2. The molecule has 1 aliphatic carbocycles. The standard InChI is InChI=1S/C11H23NO3S/c1-2-11(6-5-7-11)10-12-16(14,15)9-4-3-8-13/h12-13H,2-10H2,1H3. The van der Waals surface area contributed by atoms with Crippen LogP contribution in [0.3, 0.4) is 0 Å². The predicted molar refractivity (Wildman–Crippen MR) is 64.7 cm³/mol. The van der Waals surface area contributed by atoms with Crippen LogP contribution in [0, 0.1) is 5.41 Å². The van der Waals surface area contributed by atoms with Crippen molar-refractivity contribution in [3.8, 4) is 0 Å². The molecule has 5 heteroatoms. The second kappa shape index (κ2) is 5.98. The maximum absolute atomic E-state index is 11.6. The first-order chi connectivity index (χ1) is 7.54.